The second kappa shape index (κ2) is 8.57. The van der Waals surface area contributed by atoms with Crippen LogP contribution in [-0.2, 0) is 16.1 Å². The largest absolute Gasteiger partial charge is 0.352 e. The van der Waals surface area contributed by atoms with Crippen molar-refractivity contribution in [2.24, 2.45) is 11.8 Å². The van der Waals surface area contributed by atoms with E-state index in [9.17, 15) is 9.59 Å². The Morgan fingerprint density at radius 1 is 1.24 bits per heavy atom. The van der Waals surface area contributed by atoms with Gasteiger partial charge in [0.25, 0.3) is 0 Å². The van der Waals surface area contributed by atoms with E-state index in [-0.39, 0.29) is 11.8 Å². The highest BCUT2D eigenvalue weighted by molar-refractivity contribution is 7.99. The summed E-state index contributed by atoms with van der Waals surface area (Å²) >= 11 is 1.42. The SMILES string of the molecule is CCn1c(SCC(=O)N[C@H]2C[C@H]3CC[C@H]2C3)nnc1-c1cccc(NC(C)=O)c1. The van der Waals surface area contributed by atoms with Gasteiger partial charge >= 0.3 is 0 Å². The maximum Gasteiger partial charge on any atom is 0.230 e. The summed E-state index contributed by atoms with van der Waals surface area (Å²) in [5.74, 6) is 2.53. The van der Waals surface area contributed by atoms with Gasteiger partial charge in [0.2, 0.25) is 11.8 Å². The monoisotopic (exact) mass is 413 g/mol. The third-order valence-corrected chi connectivity index (χ3v) is 6.86. The number of nitrogens with one attached hydrogen (secondary N) is 2. The number of carbonyl (C=O) groups excluding carboxylic acids is 2. The van der Waals surface area contributed by atoms with Gasteiger partial charge in [0, 0.05) is 30.8 Å². The van der Waals surface area contributed by atoms with Gasteiger partial charge < -0.3 is 15.2 Å². The molecule has 2 bridgehead atoms. The number of fused-ring (bicyclic) bond motifs is 2. The standard InChI is InChI=1S/C21H27N5O2S/c1-3-26-20(16-5-4-6-17(11-16)22-13(2)27)24-25-21(26)29-12-19(28)23-18-10-14-7-8-15(18)9-14/h4-6,11,14-15,18H,3,7-10,12H2,1-2H3,(H,22,27)(H,23,28)/t14-,15-,18-/m0/s1. The van der Waals surface area contributed by atoms with Crippen LogP contribution < -0.4 is 10.6 Å². The fourth-order valence-electron chi connectivity index (χ4n) is 4.63. The summed E-state index contributed by atoms with van der Waals surface area (Å²) in [6, 6.07) is 7.90. The molecule has 2 N–H and O–H groups in total. The molecule has 0 aliphatic heterocycles. The molecule has 2 aromatic rings. The first-order valence-electron chi connectivity index (χ1n) is 10.3. The molecule has 0 saturated heterocycles. The lowest BCUT2D eigenvalue weighted by molar-refractivity contribution is -0.119. The quantitative estimate of drug-likeness (QED) is 0.680. The smallest absolute Gasteiger partial charge is 0.230 e. The molecule has 4 rings (SSSR count). The number of rotatable bonds is 7. The Morgan fingerprint density at radius 2 is 2.10 bits per heavy atom. The van der Waals surface area contributed by atoms with Gasteiger partial charge in [-0.3, -0.25) is 9.59 Å². The van der Waals surface area contributed by atoms with E-state index >= 15 is 0 Å². The van der Waals surface area contributed by atoms with Crippen LogP contribution >= 0.6 is 11.8 Å². The molecule has 2 aliphatic rings. The van der Waals surface area contributed by atoms with Crippen molar-refractivity contribution in [2.75, 3.05) is 11.1 Å². The molecule has 1 aromatic heterocycles. The fraction of sp³-hybridized carbons (Fsp3) is 0.524. The second-order valence-electron chi connectivity index (χ2n) is 7.95. The third kappa shape index (κ3) is 4.47. The van der Waals surface area contributed by atoms with Gasteiger partial charge in [0.05, 0.1) is 5.75 Å². The minimum absolute atomic E-state index is 0.0763. The Hall–Kier alpha value is -2.35. The van der Waals surface area contributed by atoms with E-state index in [1.165, 1.54) is 37.9 Å². The highest BCUT2D eigenvalue weighted by atomic mass is 32.2. The van der Waals surface area contributed by atoms with Gasteiger partial charge in [-0.1, -0.05) is 30.3 Å². The molecular formula is C21H27N5O2S. The summed E-state index contributed by atoms with van der Waals surface area (Å²) in [5.41, 5.74) is 1.60. The van der Waals surface area contributed by atoms with Crippen LogP contribution in [0.1, 0.15) is 39.5 Å². The van der Waals surface area contributed by atoms with E-state index in [4.69, 9.17) is 0 Å². The van der Waals surface area contributed by atoms with E-state index in [1.54, 1.807) is 0 Å². The minimum Gasteiger partial charge on any atom is -0.352 e. The summed E-state index contributed by atoms with van der Waals surface area (Å²) in [5, 5.41) is 15.4. The average Bonchev–Trinajstić information content (AvgIpc) is 3.41. The molecule has 154 valence electrons. The van der Waals surface area contributed by atoms with Crippen LogP contribution in [0.2, 0.25) is 0 Å². The lowest BCUT2D eigenvalue weighted by Crippen LogP contribution is -2.39. The molecule has 8 heteroatoms. The molecule has 2 saturated carbocycles. The fourth-order valence-corrected chi connectivity index (χ4v) is 5.45. The summed E-state index contributed by atoms with van der Waals surface area (Å²) < 4.78 is 2.00. The van der Waals surface area contributed by atoms with Gasteiger partial charge in [-0.25, -0.2) is 0 Å². The maximum absolute atomic E-state index is 12.4. The van der Waals surface area contributed by atoms with Crippen molar-refractivity contribution in [1.82, 2.24) is 20.1 Å². The molecule has 1 aromatic carbocycles. The molecule has 2 fully saturated rings. The van der Waals surface area contributed by atoms with Crippen molar-refractivity contribution >= 4 is 29.3 Å². The highest BCUT2D eigenvalue weighted by Gasteiger charge is 2.40. The lowest BCUT2D eigenvalue weighted by Gasteiger charge is -2.22. The summed E-state index contributed by atoms with van der Waals surface area (Å²) in [6.07, 6.45) is 5.01. The minimum atomic E-state index is -0.114. The Bertz CT molecular complexity index is 912. The number of anilines is 1. The van der Waals surface area contributed by atoms with Crippen LogP contribution in [0.3, 0.4) is 0 Å². The summed E-state index contributed by atoms with van der Waals surface area (Å²) in [6.45, 7) is 4.21. The molecular weight excluding hydrogens is 386 g/mol. The Labute approximate surface area is 175 Å². The molecule has 29 heavy (non-hydrogen) atoms. The number of hydrogen-bond donors (Lipinski definition) is 2. The van der Waals surface area contributed by atoms with E-state index in [1.807, 2.05) is 35.8 Å². The second-order valence-corrected chi connectivity index (χ2v) is 8.89. The molecule has 0 spiro atoms. The number of nitrogens with zero attached hydrogens (tertiary/aromatic N) is 3. The first kappa shape index (κ1) is 19.9. The predicted molar refractivity (Wildman–Crippen MR) is 114 cm³/mol. The average molecular weight is 414 g/mol. The van der Waals surface area contributed by atoms with Gasteiger partial charge in [0.15, 0.2) is 11.0 Å². The van der Waals surface area contributed by atoms with Crippen molar-refractivity contribution in [3.8, 4) is 11.4 Å². The molecule has 0 radical (unpaired) electrons. The van der Waals surface area contributed by atoms with Crippen molar-refractivity contribution in [2.45, 2.75) is 57.3 Å². The van der Waals surface area contributed by atoms with Crippen molar-refractivity contribution < 1.29 is 9.59 Å². The highest BCUT2D eigenvalue weighted by Crippen LogP contribution is 2.44. The normalized spacial score (nSPS) is 22.6. The molecule has 7 nitrogen and oxygen atoms in total. The number of amides is 2. The molecule has 0 unspecified atom stereocenters. The zero-order valence-corrected chi connectivity index (χ0v) is 17.7. The van der Waals surface area contributed by atoms with Gasteiger partial charge in [-0.15, -0.1) is 10.2 Å². The number of aromatic nitrogens is 3. The topological polar surface area (TPSA) is 88.9 Å². The molecule has 1 heterocycles. The Balaban J connectivity index is 1.41. The zero-order valence-electron chi connectivity index (χ0n) is 16.9. The van der Waals surface area contributed by atoms with Crippen LogP contribution in [0.15, 0.2) is 29.4 Å². The van der Waals surface area contributed by atoms with E-state index < -0.39 is 0 Å². The number of thioether (sulfide) groups is 1. The third-order valence-electron chi connectivity index (χ3n) is 5.89. The van der Waals surface area contributed by atoms with Crippen LogP contribution in [0.25, 0.3) is 11.4 Å². The van der Waals surface area contributed by atoms with Crippen molar-refractivity contribution in [3.05, 3.63) is 24.3 Å². The Morgan fingerprint density at radius 3 is 2.79 bits per heavy atom. The molecule has 3 atom stereocenters. The van der Waals surface area contributed by atoms with E-state index in [2.05, 4.69) is 20.8 Å². The van der Waals surface area contributed by atoms with Crippen LogP contribution in [0.4, 0.5) is 5.69 Å². The maximum atomic E-state index is 12.4. The van der Waals surface area contributed by atoms with E-state index in [0.717, 1.165) is 34.6 Å². The molecule has 2 amide bonds. The Kier molecular flexibility index (Phi) is 5.89. The first-order chi connectivity index (χ1) is 14.0. The first-order valence-corrected chi connectivity index (χ1v) is 11.3. The summed E-state index contributed by atoms with van der Waals surface area (Å²) in [7, 11) is 0. The van der Waals surface area contributed by atoms with Crippen molar-refractivity contribution in [3.63, 3.8) is 0 Å². The van der Waals surface area contributed by atoms with Gasteiger partial charge in [-0.2, -0.15) is 0 Å². The van der Waals surface area contributed by atoms with Crippen LogP contribution in [-0.4, -0.2) is 38.4 Å². The zero-order chi connectivity index (χ0) is 20.4. The number of hydrogen-bond acceptors (Lipinski definition) is 5. The van der Waals surface area contributed by atoms with E-state index in [0.29, 0.717) is 24.3 Å². The van der Waals surface area contributed by atoms with Crippen molar-refractivity contribution in [1.29, 1.82) is 0 Å². The number of benzene rings is 1. The lowest BCUT2D eigenvalue weighted by atomic mass is 9.95. The molecule has 2 aliphatic carbocycles. The van der Waals surface area contributed by atoms with Crippen LogP contribution in [0, 0.1) is 11.8 Å². The van der Waals surface area contributed by atoms with Gasteiger partial charge in [-0.05, 0) is 50.2 Å². The van der Waals surface area contributed by atoms with Crippen LogP contribution in [0.5, 0.6) is 0 Å². The summed E-state index contributed by atoms with van der Waals surface area (Å²) in [4.78, 5) is 23.8. The number of carbonyl (C=O) groups is 2. The predicted octanol–water partition coefficient (Wildman–Crippen LogP) is 3.32. The van der Waals surface area contributed by atoms with Gasteiger partial charge in [0.1, 0.15) is 0 Å².